The van der Waals surface area contributed by atoms with Crippen LogP contribution in [-0.4, -0.2) is 17.8 Å². The Kier molecular flexibility index (Phi) is 4.72. The number of hydrogen-bond acceptors (Lipinski definition) is 2. The second-order valence-electron chi connectivity index (χ2n) is 5.38. The van der Waals surface area contributed by atoms with Gasteiger partial charge in [-0.15, -0.1) is 0 Å². The highest BCUT2D eigenvalue weighted by molar-refractivity contribution is 5.26. The molecule has 0 spiro atoms. The van der Waals surface area contributed by atoms with E-state index in [9.17, 15) is 9.50 Å². The predicted octanol–water partition coefficient (Wildman–Crippen LogP) is 2.77. The molecule has 0 radical (unpaired) electrons. The van der Waals surface area contributed by atoms with Crippen LogP contribution in [0.25, 0.3) is 0 Å². The first-order valence-corrected chi connectivity index (χ1v) is 6.79. The quantitative estimate of drug-likeness (QED) is 0.862. The Morgan fingerprint density at radius 3 is 2.67 bits per heavy atom. The second-order valence-corrected chi connectivity index (χ2v) is 5.38. The average molecular weight is 251 g/mol. The topological polar surface area (TPSA) is 32.3 Å². The number of aliphatic hydroxyl groups excluding tert-OH is 1. The fourth-order valence-electron chi connectivity index (χ4n) is 2.62. The Bertz CT molecular complexity index is 386. The van der Waals surface area contributed by atoms with Gasteiger partial charge in [-0.05, 0) is 68.3 Å². The van der Waals surface area contributed by atoms with Gasteiger partial charge in [-0.25, -0.2) is 4.39 Å². The Morgan fingerprint density at radius 2 is 2.00 bits per heavy atom. The van der Waals surface area contributed by atoms with Crippen molar-refractivity contribution in [1.29, 1.82) is 0 Å². The van der Waals surface area contributed by atoms with Crippen LogP contribution in [0.3, 0.4) is 0 Å². The van der Waals surface area contributed by atoms with Crippen molar-refractivity contribution in [2.24, 2.45) is 5.92 Å². The third kappa shape index (κ3) is 3.79. The molecule has 0 heterocycles. The Morgan fingerprint density at radius 1 is 1.28 bits per heavy atom. The normalized spacial score (nSPS) is 24.2. The molecular formula is C15H22FNO. The van der Waals surface area contributed by atoms with E-state index in [1.807, 2.05) is 13.0 Å². The standard InChI is InChI=1S/C15H22FNO/c1-11-8-14(16)5-4-13(11)10-17-9-12-2-6-15(18)7-3-12/h4-5,8,12,15,17-18H,2-3,6-7,9-10H2,1H3. The van der Waals surface area contributed by atoms with Gasteiger partial charge in [-0.2, -0.15) is 0 Å². The molecule has 1 aliphatic rings. The summed E-state index contributed by atoms with van der Waals surface area (Å²) in [6.45, 7) is 3.73. The van der Waals surface area contributed by atoms with Crippen molar-refractivity contribution in [2.75, 3.05) is 6.54 Å². The van der Waals surface area contributed by atoms with Crippen molar-refractivity contribution in [1.82, 2.24) is 5.32 Å². The number of nitrogens with one attached hydrogen (secondary N) is 1. The van der Waals surface area contributed by atoms with Crippen molar-refractivity contribution in [2.45, 2.75) is 45.3 Å². The van der Waals surface area contributed by atoms with E-state index in [-0.39, 0.29) is 11.9 Å². The third-order valence-corrected chi connectivity index (χ3v) is 3.87. The number of rotatable bonds is 4. The van der Waals surface area contributed by atoms with Gasteiger partial charge in [-0.1, -0.05) is 6.07 Å². The van der Waals surface area contributed by atoms with Gasteiger partial charge in [0.05, 0.1) is 6.10 Å². The summed E-state index contributed by atoms with van der Waals surface area (Å²) in [5, 5.41) is 12.9. The minimum Gasteiger partial charge on any atom is -0.393 e. The molecule has 0 unspecified atom stereocenters. The highest BCUT2D eigenvalue weighted by atomic mass is 19.1. The summed E-state index contributed by atoms with van der Waals surface area (Å²) in [6.07, 6.45) is 4.00. The highest BCUT2D eigenvalue weighted by Crippen LogP contribution is 2.23. The maximum atomic E-state index is 13.0. The number of halogens is 1. The molecule has 1 saturated carbocycles. The smallest absolute Gasteiger partial charge is 0.123 e. The summed E-state index contributed by atoms with van der Waals surface area (Å²) in [5.41, 5.74) is 2.16. The number of aliphatic hydroxyl groups is 1. The van der Waals surface area contributed by atoms with Crippen LogP contribution in [0.1, 0.15) is 36.8 Å². The molecule has 2 rings (SSSR count). The lowest BCUT2D eigenvalue weighted by Crippen LogP contribution is -2.27. The molecule has 18 heavy (non-hydrogen) atoms. The van der Waals surface area contributed by atoms with E-state index < -0.39 is 0 Å². The van der Waals surface area contributed by atoms with Gasteiger partial charge < -0.3 is 10.4 Å². The van der Waals surface area contributed by atoms with Gasteiger partial charge in [0.15, 0.2) is 0 Å². The Hall–Kier alpha value is -0.930. The minimum atomic E-state index is -0.169. The van der Waals surface area contributed by atoms with E-state index in [0.29, 0.717) is 5.92 Å². The molecule has 0 bridgehead atoms. The van der Waals surface area contributed by atoms with Gasteiger partial charge in [-0.3, -0.25) is 0 Å². The fourth-order valence-corrected chi connectivity index (χ4v) is 2.62. The molecule has 2 nitrogen and oxygen atoms in total. The van der Waals surface area contributed by atoms with Gasteiger partial charge in [0, 0.05) is 6.54 Å². The Balaban J connectivity index is 1.75. The molecule has 0 atom stereocenters. The molecule has 1 aliphatic carbocycles. The molecule has 100 valence electrons. The average Bonchev–Trinajstić information content (AvgIpc) is 2.34. The van der Waals surface area contributed by atoms with Crippen LogP contribution in [0.15, 0.2) is 18.2 Å². The van der Waals surface area contributed by atoms with Crippen LogP contribution in [-0.2, 0) is 6.54 Å². The molecule has 0 saturated heterocycles. The lowest BCUT2D eigenvalue weighted by Gasteiger charge is -2.25. The van der Waals surface area contributed by atoms with Crippen molar-refractivity contribution >= 4 is 0 Å². The maximum Gasteiger partial charge on any atom is 0.123 e. The molecule has 0 aromatic heterocycles. The van der Waals surface area contributed by atoms with Crippen LogP contribution in [0.5, 0.6) is 0 Å². The van der Waals surface area contributed by atoms with Crippen molar-refractivity contribution in [3.63, 3.8) is 0 Å². The largest absolute Gasteiger partial charge is 0.393 e. The molecule has 1 aromatic rings. The van der Waals surface area contributed by atoms with Crippen molar-refractivity contribution in [3.8, 4) is 0 Å². The summed E-state index contributed by atoms with van der Waals surface area (Å²) in [7, 11) is 0. The zero-order chi connectivity index (χ0) is 13.0. The van der Waals surface area contributed by atoms with E-state index in [2.05, 4.69) is 5.32 Å². The number of benzene rings is 1. The van der Waals surface area contributed by atoms with Crippen LogP contribution >= 0.6 is 0 Å². The molecule has 3 heteroatoms. The summed E-state index contributed by atoms with van der Waals surface area (Å²) in [4.78, 5) is 0. The van der Waals surface area contributed by atoms with Crippen LogP contribution in [0, 0.1) is 18.7 Å². The third-order valence-electron chi connectivity index (χ3n) is 3.87. The van der Waals surface area contributed by atoms with E-state index in [1.165, 1.54) is 6.07 Å². The molecule has 0 amide bonds. The van der Waals surface area contributed by atoms with Gasteiger partial charge in [0.25, 0.3) is 0 Å². The second kappa shape index (κ2) is 6.30. The van der Waals surface area contributed by atoms with Gasteiger partial charge >= 0.3 is 0 Å². The van der Waals surface area contributed by atoms with Gasteiger partial charge in [0.2, 0.25) is 0 Å². The summed E-state index contributed by atoms with van der Waals surface area (Å²) in [5.74, 6) is 0.506. The zero-order valence-corrected chi connectivity index (χ0v) is 11.0. The van der Waals surface area contributed by atoms with Crippen molar-refractivity contribution in [3.05, 3.63) is 35.1 Å². The van der Waals surface area contributed by atoms with Crippen LogP contribution in [0.2, 0.25) is 0 Å². The molecule has 1 fully saturated rings. The first-order chi connectivity index (χ1) is 8.65. The SMILES string of the molecule is Cc1cc(F)ccc1CNCC1CCC(O)CC1. The minimum absolute atomic E-state index is 0.0828. The zero-order valence-electron chi connectivity index (χ0n) is 11.0. The summed E-state index contributed by atoms with van der Waals surface area (Å²) in [6, 6.07) is 4.94. The van der Waals surface area contributed by atoms with E-state index in [4.69, 9.17) is 0 Å². The monoisotopic (exact) mass is 251 g/mol. The van der Waals surface area contributed by atoms with Crippen LogP contribution in [0.4, 0.5) is 4.39 Å². The highest BCUT2D eigenvalue weighted by Gasteiger charge is 2.18. The van der Waals surface area contributed by atoms with Crippen molar-refractivity contribution < 1.29 is 9.50 Å². The lowest BCUT2D eigenvalue weighted by atomic mass is 9.87. The molecular weight excluding hydrogens is 229 g/mol. The maximum absolute atomic E-state index is 13.0. The predicted molar refractivity (Wildman–Crippen MR) is 70.8 cm³/mol. The number of hydrogen-bond donors (Lipinski definition) is 2. The van der Waals surface area contributed by atoms with E-state index in [0.717, 1.165) is 49.9 Å². The lowest BCUT2D eigenvalue weighted by molar-refractivity contribution is 0.108. The van der Waals surface area contributed by atoms with E-state index in [1.54, 1.807) is 6.07 Å². The summed E-state index contributed by atoms with van der Waals surface area (Å²) >= 11 is 0. The first kappa shape index (κ1) is 13.5. The summed E-state index contributed by atoms with van der Waals surface area (Å²) < 4.78 is 13.0. The Labute approximate surface area is 108 Å². The molecule has 1 aromatic carbocycles. The molecule has 2 N–H and O–H groups in total. The fraction of sp³-hybridized carbons (Fsp3) is 0.600. The van der Waals surface area contributed by atoms with Gasteiger partial charge in [0.1, 0.15) is 5.82 Å². The molecule has 0 aliphatic heterocycles. The number of aryl methyl sites for hydroxylation is 1. The first-order valence-electron chi connectivity index (χ1n) is 6.79. The van der Waals surface area contributed by atoms with Crippen LogP contribution < -0.4 is 5.32 Å². The van der Waals surface area contributed by atoms with E-state index >= 15 is 0 Å².